The van der Waals surface area contributed by atoms with E-state index in [1.807, 2.05) is 0 Å². The summed E-state index contributed by atoms with van der Waals surface area (Å²) in [6.45, 7) is 0. The molecule has 0 unspecified atom stereocenters. The Balaban J connectivity index is 3.73. The van der Waals surface area contributed by atoms with E-state index >= 15 is 0 Å². The fourth-order valence-electron chi connectivity index (χ4n) is 0.936. The highest BCUT2D eigenvalue weighted by Crippen LogP contribution is 2.34. The van der Waals surface area contributed by atoms with E-state index in [0.29, 0.717) is 0 Å². The third-order valence-electron chi connectivity index (χ3n) is 1.66. The molecule has 1 rings (SSSR count). The summed E-state index contributed by atoms with van der Waals surface area (Å²) in [4.78, 5) is 0. The van der Waals surface area contributed by atoms with E-state index in [4.69, 9.17) is 5.26 Å². The van der Waals surface area contributed by atoms with Crippen LogP contribution in [-0.2, 0) is 5.92 Å². The van der Waals surface area contributed by atoms with Crippen LogP contribution in [0.4, 0.5) is 30.7 Å². The van der Waals surface area contributed by atoms with E-state index < -0.39 is 40.6 Å². The van der Waals surface area contributed by atoms with Gasteiger partial charge in [0.15, 0.2) is 23.3 Å². The molecule has 1 aromatic rings. The number of rotatable bonds is 1. The maximum absolute atomic E-state index is 12.7. The molecule has 8 heteroatoms. The lowest BCUT2D eigenvalue weighted by Gasteiger charge is -2.11. The van der Waals surface area contributed by atoms with Gasteiger partial charge in [-0.15, -0.1) is 0 Å². The zero-order valence-electron chi connectivity index (χ0n) is 7.09. The molecule has 0 aliphatic heterocycles. The standard InChI is InChI=1S/C8F7N/c9-3-2(8(14,15)1-16)4(10)6(12)7(13)5(3)11. The van der Waals surface area contributed by atoms with Crippen molar-refractivity contribution in [2.75, 3.05) is 0 Å². The Morgan fingerprint density at radius 1 is 0.750 bits per heavy atom. The lowest BCUT2D eigenvalue weighted by molar-refractivity contribution is 0.0502. The molecule has 86 valence electrons. The highest BCUT2D eigenvalue weighted by Gasteiger charge is 2.42. The predicted molar refractivity (Wildman–Crippen MR) is 35.7 cm³/mol. The Bertz CT molecular complexity index is 459. The van der Waals surface area contributed by atoms with Crippen molar-refractivity contribution in [1.29, 1.82) is 5.26 Å². The van der Waals surface area contributed by atoms with Crippen molar-refractivity contribution in [3.05, 3.63) is 34.6 Å². The smallest absolute Gasteiger partial charge is 0.203 e. The summed E-state index contributed by atoms with van der Waals surface area (Å²) < 4.78 is 88.0. The van der Waals surface area contributed by atoms with Gasteiger partial charge in [0.2, 0.25) is 5.82 Å². The Morgan fingerprint density at radius 2 is 1.06 bits per heavy atom. The molecular formula is C8F7N. The minimum Gasteiger partial charge on any atom is -0.203 e. The minimum absolute atomic E-state index is 0.144. The Morgan fingerprint density at radius 3 is 1.38 bits per heavy atom. The maximum atomic E-state index is 12.7. The molecule has 0 saturated carbocycles. The van der Waals surface area contributed by atoms with Crippen molar-refractivity contribution in [2.24, 2.45) is 0 Å². The molecule has 0 heterocycles. The number of nitrogens with zero attached hydrogens (tertiary/aromatic N) is 1. The summed E-state index contributed by atoms with van der Waals surface area (Å²) >= 11 is 0. The molecule has 0 N–H and O–H groups in total. The first kappa shape index (κ1) is 12.3. The molecule has 0 amide bonds. The molecule has 0 aromatic heterocycles. The van der Waals surface area contributed by atoms with Crippen LogP contribution in [0.3, 0.4) is 0 Å². The molecule has 0 aliphatic carbocycles. The highest BCUT2D eigenvalue weighted by atomic mass is 19.3. The number of nitriles is 1. The highest BCUT2D eigenvalue weighted by molar-refractivity contribution is 5.31. The van der Waals surface area contributed by atoms with Crippen LogP contribution >= 0.6 is 0 Å². The maximum Gasteiger partial charge on any atom is 0.363 e. The van der Waals surface area contributed by atoms with Crippen LogP contribution in [0, 0.1) is 40.4 Å². The second-order valence-electron chi connectivity index (χ2n) is 2.63. The van der Waals surface area contributed by atoms with E-state index in [1.165, 1.54) is 0 Å². The molecule has 1 nitrogen and oxygen atoms in total. The van der Waals surface area contributed by atoms with Crippen LogP contribution in [-0.4, -0.2) is 0 Å². The van der Waals surface area contributed by atoms with E-state index in [2.05, 4.69) is 0 Å². The zero-order valence-corrected chi connectivity index (χ0v) is 7.09. The Hall–Kier alpha value is -1.78. The van der Waals surface area contributed by atoms with Crippen molar-refractivity contribution >= 4 is 0 Å². The van der Waals surface area contributed by atoms with Crippen LogP contribution in [0.25, 0.3) is 0 Å². The normalized spacial score (nSPS) is 11.4. The number of alkyl halides is 2. The topological polar surface area (TPSA) is 23.8 Å². The quantitative estimate of drug-likeness (QED) is 0.422. The predicted octanol–water partition coefficient (Wildman–Crippen LogP) is 3.00. The third kappa shape index (κ3) is 1.58. The van der Waals surface area contributed by atoms with Gasteiger partial charge >= 0.3 is 5.92 Å². The zero-order chi connectivity index (χ0) is 12.7. The molecule has 0 bridgehead atoms. The van der Waals surface area contributed by atoms with E-state index in [0.717, 1.165) is 0 Å². The Labute approximate surface area is 83.7 Å². The number of hydrogen-bond donors (Lipinski definition) is 0. The monoisotopic (exact) mass is 243 g/mol. The molecule has 16 heavy (non-hydrogen) atoms. The van der Waals surface area contributed by atoms with Gasteiger partial charge in [-0.25, -0.2) is 22.0 Å². The molecule has 0 fully saturated rings. The van der Waals surface area contributed by atoms with Gasteiger partial charge in [-0.05, 0) is 0 Å². The molecule has 0 aliphatic rings. The molecule has 1 aromatic carbocycles. The first-order valence-electron chi connectivity index (χ1n) is 3.55. The van der Waals surface area contributed by atoms with E-state index in [9.17, 15) is 30.7 Å². The van der Waals surface area contributed by atoms with Crippen LogP contribution in [0.5, 0.6) is 0 Å². The van der Waals surface area contributed by atoms with Crippen LogP contribution in [0.1, 0.15) is 5.56 Å². The lowest BCUT2D eigenvalue weighted by atomic mass is 10.1. The third-order valence-corrected chi connectivity index (χ3v) is 1.66. The summed E-state index contributed by atoms with van der Waals surface area (Å²) in [5.74, 6) is -17.9. The summed E-state index contributed by atoms with van der Waals surface area (Å²) in [5.41, 5.74) is -2.45. The van der Waals surface area contributed by atoms with Gasteiger partial charge < -0.3 is 0 Å². The second-order valence-corrected chi connectivity index (χ2v) is 2.63. The van der Waals surface area contributed by atoms with Gasteiger partial charge in [0, 0.05) is 0 Å². The number of halogens is 7. The molecular weight excluding hydrogens is 243 g/mol. The lowest BCUT2D eigenvalue weighted by Crippen LogP contribution is -2.19. The molecule has 0 radical (unpaired) electrons. The van der Waals surface area contributed by atoms with Crippen molar-refractivity contribution in [3.8, 4) is 6.07 Å². The van der Waals surface area contributed by atoms with Gasteiger partial charge in [-0.3, -0.25) is 0 Å². The largest absolute Gasteiger partial charge is 0.363 e. The van der Waals surface area contributed by atoms with Gasteiger partial charge in [-0.1, -0.05) is 0 Å². The van der Waals surface area contributed by atoms with Crippen LogP contribution in [0.15, 0.2) is 0 Å². The van der Waals surface area contributed by atoms with Gasteiger partial charge in [0.05, 0.1) is 0 Å². The molecule has 0 saturated heterocycles. The molecule has 0 atom stereocenters. The summed E-state index contributed by atoms with van der Waals surface area (Å²) in [6, 6.07) is 0.144. The fourth-order valence-corrected chi connectivity index (χ4v) is 0.936. The SMILES string of the molecule is N#CC(F)(F)c1c(F)c(F)c(F)c(F)c1F. The average molecular weight is 243 g/mol. The van der Waals surface area contributed by atoms with Crippen molar-refractivity contribution in [3.63, 3.8) is 0 Å². The second kappa shape index (κ2) is 3.66. The van der Waals surface area contributed by atoms with Crippen molar-refractivity contribution in [1.82, 2.24) is 0 Å². The first-order valence-corrected chi connectivity index (χ1v) is 3.55. The van der Waals surface area contributed by atoms with Crippen molar-refractivity contribution in [2.45, 2.75) is 5.92 Å². The summed E-state index contributed by atoms with van der Waals surface area (Å²) in [6.07, 6.45) is 0. The summed E-state index contributed by atoms with van der Waals surface area (Å²) in [7, 11) is 0. The molecule has 0 spiro atoms. The average Bonchev–Trinajstić information content (AvgIpc) is 2.23. The van der Waals surface area contributed by atoms with Crippen LogP contribution < -0.4 is 0 Å². The van der Waals surface area contributed by atoms with E-state index in [1.54, 1.807) is 0 Å². The van der Waals surface area contributed by atoms with Gasteiger partial charge in [0.25, 0.3) is 0 Å². The minimum atomic E-state index is -4.80. The number of hydrogen-bond acceptors (Lipinski definition) is 1. The summed E-state index contributed by atoms with van der Waals surface area (Å²) in [5, 5.41) is 7.88. The van der Waals surface area contributed by atoms with Gasteiger partial charge in [-0.2, -0.15) is 14.0 Å². The fraction of sp³-hybridized carbons (Fsp3) is 0.125. The number of benzene rings is 1. The van der Waals surface area contributed by atoms with E-state index in [-0.39, 0.29) is 6.07 Å². The first-order chi connectivity index (χ1) is 7.24. The van der Waals surface area contributed by atoms with Crippen molar-refractivity contribution < 1.29 is 30.7 Å². The Kier molecular flexibility index (Phi) is 2.81. The van der Waals surface area contributed by atoms with Crippen LogP contribution in [0.2, 0.25) is 0 Å². The van der Waals surface area contributed by atoms with Gasteiger partial charge in [0.1, 0.15) is 11.6 Å².